The molecule has 0 saturated carbocycles. The summed E-state index contributed by atoms with van der Waals surface area (Å²) < 4.78 is 40.1. The first-order valence-corrected chi connectivity index (χ1v) is 16.1. The highest BCUT2D eigenvalue weighted by molar-refractivity contribution is 7.92. The Morgan fingerprint density at radius 1 is 0.952 bits per heavy atom. The van der Waals surface area contributed by atoms with E-state index in [1.165, 1.54) is 29.2 Å². The zero-order valence-electron chi connectivity index (χ0n) is 24.1. The molecule has 226 valence electrons. The molecule has 42 heavy (non-hydrogen) atoms. The zero-order chi connectivity index (χ0) is 31.1. The highest BCUT2D eigenvalue weighted by Gasteiger charge is 2.32. The predicted octanol–water partition coefficient (Wildman–Crippen LogP) is 6.23. The van der Waals surface area contributed by atoms with Gasteiger partial charge < -0.3 is 10.2 Å². The van der Waals surface area contributed by atoms with Gasteiger partial charge in [-0.3, -0.25) is 13.9 Å². The third kappa shape index (κ3) is 10.00. The summed E-state index contributed by atoms with van der Waals surface area (Å²) in [6.45, 7) is 5.60. The molecular formula is C31H36Cl2FN3O4S. The highest BCUT2D eigenvalue weighted by atomic mass is 35.5. The number of nitrogens with zero attached hydrogens (tertiary/aromatic N) is 2. The normalized spacial score (nSPS) is 12.5. The van der Waals surface area contributed by atoms with Crippen molar-refractivity contribution in [1.29, 1.82) is 0 Å². The molecule has 3 rings (SSSR count). The first kappa shape index (κ1) is 33.4. The lowest BCUT2D eigenvalue weighted by atomic mass is 10.00. The van der Waals surface area contributed by atoms with E-state index in [1.54, 1.807) is 18.2 Å². The number of rotatable bonds is 12. The predicted molar refractivity (Wildman–Crippen MR) is 167 cm³/mol. The molecule has 0 aliphatic heterocycles. The van der Waals surface area contributed by atoms with E-state index < -0.39 is 27.4 Å². The Morgan fingerprint density at radius 3 is 2.19 bits per heavy atom. The van der Waals surface area contributed by atoms with Crippen molar-refractivity contribution in [2.75, 3.05) is 17.1 Å². The fourth-order valence-electron chi connectivity index (χ4n) is 4.45. The van der Waals surface area contributed by atoms with Crippen molar-refractivity contribution in [2.24, 2.45) is 0 Å². The molecular weight excluding hydrogens is 600 g/mol. The summed E-state index contributed by atoms with van der Waals surface area (Å²) >= 11 is 12.4. The second-order valence-corrected chi connectivity index (χ2v) is 13.9. The summed E-state index contributed by atoms with van der Waals surface area (Å²) in [6.07, 6.45) is 1.40. The Morgan fingerprint density at radius 2 is 1.60 bits per heavy atom. The first-order chi connectivity index (χ1) is 19.6. The van der Waals surface area contributed by atoms with Crippen LogP contribution in [0.25, 0.3) is 0 Å². The molecule has 1 atom stereocenters. The van der Waals surface area contributed by atoms with Gasteiger partial charge in [-0.15, -0.1) is 0 Å². The maximum atomic E-state index is 13.9. The SMILES string of the molecule is CC(C)(C)NC(=O)[C@H](Cc1ccccc1)N(Cc1ccc(F)cc1)C(=O)CCCN(c1cc(Cl)ccc1Cl)S(C)(=O)=O. The second-order valence-electron chi connectivity index (χ2n) is 11.1. The third-order valence-electron chi connectivity index (χ3n) is 6.36. The molecule has 0 spiro atoms. The van der Waals surface area contributed by atoms with Crippen molar-refractivity contribution in [2.45, 2.75) is 58.2 Å². The van der Waals surface area contributed by atoms with Gasteiger partial charge in [0.05, 0.1) is 17.0 Å². The average Bonchev–Trinajstić information content (AvgIpc) is 2.90. The third-order valence-corrected chi connectivity index (χ3v) is 8.10. The number of hydrogen-bond donors (Lipinski definition) is 1. The minimum absolute atomic E-state index is 0.0352. The lowest BCUT2D eigenvalue weighted by molar-refractivity contribution is -0.142. The van der Waals surface area contributed by atoms with Gasteiger partial charge in [0.25, 0.3) is 0 Å². The van der Waals surface area contributed by atoms with Gasteiger partial charge in [-0.1, -0.05) is 65.7 Å². The molecule has 0 fully saturated rings. The molecule has 0 heterocycles. The molecule has 0 saturated heterocycles. The van der Waals surface area contributed by atoms with Crippen molar-refractivity contribution >= 4 is 50.7 Å². The number of carbonyl (C=O) groups excluding carboxylic acids is 2. The van der Waals surface area contributed by atoms with Crippen LogP contribution in [0.15, 0.2) is 72.8 Å². The summed E-state index contributed by atoms with van der Waals surface area (Å²) in [7, 11) is -3.75. The standard InChI is InChI=1S/C31H36Cl2FN3O4S/c1-31(2,3)35-30(39)28(19-22-9-6-5-7-10-22)36(21-23-12-15-25(34)16-13-23)29(38)11-8-18-37(42(4,40)41)27-20-24(32)14-17-26(27)33/h5-7,9-10,12-17,20,28H,8,11,18-19,21H2,1-4H3,(H,35,39)/t28-/m0/s1. The van der Waals surface area contributed by atoms with Crippen LogP contribution in [0.5, 0.6) is 0 Å². The van der Waals surface area contributed by atoms with Gasteiger partial charge in [0, 0.05) is 36.5 Å². The number of hydrogen-bond acceptors (Lipinski definition) is 4. The molecule has 7 nitrogen and oxygen atoms in total. The van der Waals surface area contributed by atoms with Crippen molar-refractivity contribution in [3.05, 3.63) is 99.8 Å². The second kappa shape index (κ2) is 14.4. The van der Waals surface area contributed by atoms with Crippen molar-refractivity contribution < 1.29 is 22.4 Å². The quantitative estimate of drug-likeness (QED) is 0.255. The van der Waals surface area contributed by atoms with Gasteiger partial charge >= 0.3 is 0 Å². The number of carbonyl (C=O) groups is 2. The van der Waals surface area contributed by atoms with Gasteiger partial charge in [-0.25, -0.2) is 12.8 Å². The fraction of sp³-hybridized carbons (Fsp3) is 0.355. The highest BCUT2D eigenvalue weighted by Crippen LogP contribution is 2.31. The lowest BCUT2D eigenvalue weighted by Gasteiger charge is -2.34. The largest absolute Gasteiger partial charge is 0.350 e. The van der Waals surface area contributed by atoms with Crippen LogP contribution in [0.1, 0.15) is 44.7 Å². The summed E-state index contributed by atoms with van der Waals surface area (Å²) in [4.78, 5) is 29.0. The maximum absolute atomic E-state index is 13.9. The van der Waals surface area contributed by atoms with E-state index in [0.717, 1.165) is 16.1 Å². The molecule has 2 amide bonds. The van der Waals surface area contributed by atoms with Crippen LogP contribution in [0.4, 0.5) is 10.1 Å². The summed E-state index contributed by atoms with van der Waals surface area (Å²) in [5.74, 6) is -1.09. The molecule has 0 bridgehead atoms. The number of amides is 2. The van der Waals surface area contributed by atoms with E-state index in [9.17, 15) is 22.4 Å². The molecule has 1 N–H and O–H groups in total. The molecule has 3 aromatic rings. The van der Waals surface area contributed by atoms with Crippen LogP contribution in [0.3, 0.4) is 0 Å². The Balaban J connectivity index is 1.92. The van der Waals surface area contributed by atoms with Gasteiger partial charge in [0.15, 0.2) is 0 Å². The smallest absolute Gasteiger partial charge is 0.243 e. The Kier molecular flexibility index (Phi) is 11.4. The van der Waals surface area contributed by atoms with Crippen LogP contribution >= 0.6 is 23.2 Å². The molecule has 11 heteroatoms. The van der Waals surface area contributed by atoms with Crippen LogP contribution < -0.4 is 9.62 Å². The van der Waals surface area contributed by atoms with Gasteiger partial charge in [-0.05, 0) is 68.7 Å². The van der Waals surface area contributed by atoms with Crippen LogP contribution in [-0.2, 0) is 32.6 Å². The summed E-state index contributed by atoms with van der Waals surface area (Å²) in [5, 5.41) is 3.51. The van der Waals surface area contributed by atoms with E-state index >= 15 is 0 Å². The van der Waals surface area contributed by atoms with Gasteiger partial charge in [-0.2, -0.15) is 0 Å². The Hall–Kier alpha value is -3.14. The lowest BCUT2D eigenvalue weighted by Crippen LogP contribution is -2.54. The Labute approximate surface area is 257 Å². The minimum atomic E-state index is -3.75. The number of anilines is 1. The first-order valence-electron chi connectivity index (χ1n) is 13.5. The van der Waals surface area contributed by atoms with Gasteiger partial charge in [0.2, 0.25) is 21.8 Å². The van der Waals surface area contributed by atoms with E-state index in [-0.39, 0.29) is 54.9 Å². The van der Waals surface area contributed by atoms with E-state index in [1.807, 2.05) is 51.1 Å². The van der Waals surface area contributed by atoms with Crippen molar-refractivity contribution in [1.82, 2.24) is 10.2 Å². The molecule has 0 radical (unpaired) electrons. The summed E-state index contributed by atoms with van der Waals surface area (Å²) in [6, 6.07) is 18.8. The molecule has 0 aromatic heterocycles. The van der Waals surface area contributed by atoms with Gasteiger partial charge in [0.1, 0.15) is 11.9 Å². The van der Waals surface area contributed by atoms with Crippen LogP contribution in [0, 0.1) is 5.82 Å². The van der Waals surface area contributed by atoms with Crippen LogP contribution in [-0.4, -0.2) is 49.5 Å². The number of nitrogens with one attached hydrogen (secondary N) is 1. The van der Waals surface area contributed by atoms with E-state index in [2.05, 4.69) is 5.32 Å². The molecule has 0 aliphatic carbocycles. The van der Waals surface area contributed by atoms with Crippen molar-refractivity contribution in [3.8, 4) is 0 Å². The van der Waals surface area contributed by atoms with Crippen LogP contribution in [0.2, 0.25) is 10.0 Å². The minimum Gasteiger partial charge on any atom is -0.350 e. The fourth-order valence-corrected chi connectivity index (χ4v) is 5.86. The molecule has 0 aliphatic rings. The topological polar surface area (TPSA) is 86.8 Å². The summed E-state index contributed by atoms with van der Waals surface area (Å²) in [5.41, 5.74) is 1.17. The number of sulfonamides is 1. The average molecular weight is 637 g/mol. The van der Waals surface area contributed by atoms with E-state index in [0.29, 0.717) is 10.6 Å². The van der Waals surface area contributed by atoms with E-state index in [4.69, 9.17) is 23.2 Å². The Bertz CT molecular complexity index is 1480. The zero-order valence-corrected chi connectivity index (χ0v) is 26.4. The molecule has 0 unspecified atom stereocenters. The monoisotopic (exact) mass is 635 g/mol. The maximum Gasteiger partial charge on any atom is 0.243 e. The van der Waals surface area contributed by atoms with Crippen molar-refractivity contribution in [3.63, 3.8) is 0 Å². The number of benzene rings is 3. The number of halogens is 3. The molecule has 3 aromatic carbocycles.